The SMILES string of the molecule is CCC(CC)(OC)C(Cc1ncnn1CC(C)C)NN. The molecule has 0 amide bonds. The van der Waals surface area contributed by atoms with Crippen molar-refractivity contribution in [2.75, 3.05) is 7.11 Å². The summed E-state index contributed by atoms with van der Waals surface area (Å²) in [7, 11) is 1.75. The zero-order chi connectivity index (χ0) is 15.2. The zero-order valence-electron chi connectivity index (χ0n) is 13.4. The first-order valence-corrected chi connectivity index (χ1v) is 7.40. The fourth-order valence-electron chi connectivity index (χ4n) is 2.70. The van der Waals surface area contributed by atoms with Gasteiger partial charge in [-0.3, -0.25) is 11.3 Å². The number of hydrazine groups is 1. The van der Waals surface area contributed by atoms with E-state index in [9.17, 15) is 0 Å². The second-order valence-electron chi connectivity index (χ2n) is 5.65. The van der Waals surface area contributed by atoms with Crippen LogP contribution in [-0.4, -0.2) is 33.5 Å². The van der Waals surface area contributed by atoms with Gasteiger partial charge in [0.05, 0.1) is 11.6 Å². The summed E-state index contributed by atoms with van der Waals surface area (Å²) in [6.07, 6.45) is 4.11. The van der Waals surface area contributed by atoms with Crippen molar-refractivity contribution in [3.8, 4) is 0 Å². The Balaban J connectivity index is 2.90. The van der Waals surface area contributed by atoms with Gasteiger partial charge >= 0.3 is 0 Å². The second-order valence-corrected chi connectivity index (χ2v) is 5.65. The van der Waals surface area contributed by atoms with E-state index in [2.05, 4.69) is 43.2 Å². The average molecular weight is 283 g/mol. The van der Waals surface area contributed by atoms with Crippen LogP contribution in [0.3, 0.4) is 0 Å². The molecule has 0 aliphatic heterocycles. The minimum atomic E-state index is -0.274. The van der Waals surface area contributed by atoms with Crippen LogP contribution in [0.25, 0.3) is 0 Å². The van der Waals surface area contributed by atoms with Crippen LogP contribution in [0.4, 0.5) is 0 Å². The standard InChI is InChI=1S/C14H29N5O/c1-6-14(7-2,20-5)12(18-15)8-13-16-10-17-19(13)9-11(3)4/h10-12,18H,6-9,15H2,1-5H3. The molecule has 1 aromatic rings. The number of aromatic nitrogens is 3. The Morgan fingerprint density at radius 2 is 2.05 bits per heavy atom. The van der Waals surface area contributed by atoms with Crippen LogP contribution in [0.1, 0.15) is 46.4 Å². The molecule has 0 aliphatic rings. The lowest BCUT2D eigenvalue weighted by Gasteiger charge is -2.37. The molecule has 1 heterocycles. The topological polar surface area (TPSA) is 78.0 Å². The second kappa shape index (κ2) is 7.71. The van der Waals surface area contributed by atoms with Crippen molar-refractivity contribution in [3.63, 3.8) is 0 Å². The Morgan fingerprint density at radius 3 is 2.50 bits per heavy atom. The normalized spacial score (nSPS) is 13.9. The van der Waals surface area contributed by atoms with E-state index in [-0.39, 0.29) is 11.6 Å². The van der Waals surface area contributed by atoms with Gasteiger partial charge in [0.2, 0.25) is 0 Å². The van der Waals surface area contributed by atoms with Crippen LogP contribution >= 0.6 is 0 Å². The molecular weight excluding hydrogens is 254 g/mol. The summed E-state index contributed by atoms with van der Waals surface area (Å²) in [6.45, 7) is 9.44. The molecule has 0 spiro atoms. The van der Waals surface area contributed by atoms with Crippen molar-refractivity contribution in [1.29, 1.82) is 0 Å². The molecule has 1 atom stereocenters. The van der Waals surface area contributed by atoms with Gasteiger partial charge < -0.3 is 4.74 Å². The van der Waals surface area contributed by atoms with Crippen LogP contribution in [0.15, 0.2) is 6.33 Å². The van der Waals surface area contributed by atoms with E-state index in [1.54, 1.807) is 13.4 Å². The van der Waals surface area contributed by atoms with E-state index in [0.717, 1.165) is 25.2 Å². The van der Waals surface area contributed by atoms with Crippen LogP contribution in [0.5, 0.6) is 0 Å². The monoisotopic (exact) mass is 283 g/mol. The zero-order valence-corrected chi connectivity index (χ0v) is 13.4. The molecular formula is C14H29N5O. The predicted molar refractivity (Wildman–Crippen MR) is 80.0 cm³/mol. The first kappa shape index (κ1) is 17.1. The lowest BCUT2D eigenvalue weighted by atomic mass is 9.86. The van der Waals surface area contributed by atoms with E-state index in [0.29, 0.717) is 12.3 Å². The molecule has 0 fully saturated rings. The Kier molecular flexibility index (Phi) is 6.58. The smallest absolute Gasteiger partial charge is 0.138 e. The molecule has 0 aliphatic carbocycles. The van der Waals surface area contributed by atoms with E-state index in [1.807, 2.05) is 4.68 Å². The van der Waals surface area contributed by atoms with Gasteiger partial charge in [0.25, 0.3) is 0 Å². The largest absolute Gasteiger partial charge is 0.377 e. The van der Waals surface area contributed by atoms with Crippen LogP contribution in [0.2, 0.25) is 0 Å². The molecule has 6 nitrogen and oxygen atoms in total. The molecule has 0 saturated heterocycles. The summed E-state index contributed by atoms with van der Waals surface area (Å²) in [5.74, 6) is 7.25. The summed E-state index contributed by atoms with van der Waals surface area (Å²) in [5, 5.41) is 4.30. The third kappa shape index (κ3) is 3.77. The van der Waals surface area contributed by atoms with E-state index < -0.39 is 0 Å². The lowest BCUT2D eigenvalue weighted by molar-refractivity contribution is -0.0479. The van der Waals surface area contributed by atoms with Gasteiger partial charge in [0.15, 0.2) is 0 Å². The van der Waals surface area contributed by atoms with Crippen molar-refractivity contribution in [2.45, 2.75) is 65.1 Å². The van der Waals surface area contributed by atoms with Crippen LogP contribution in [0, 0.1) is 5.92 Å². The fourth-order valence-corrected chi connectivity index (χ4v) is 2.70. The predicted octanol–water partition coefficient (Wildman–Crippen LogP) is 1.51. The van der Waals surface area contributed by atoms with Crippen LogP contribution < -0.4 is 11.3 Å². The van der Waals surface area contributed by atoms with Gasteiger partial charge in [-0.15, -0.1) is 0 Å². The molecule has 0 radical (unpaired) electrons. The maximum Gasteiger partial charge on any atom is 0.138 e. The highest BCUT2D eigenvalue weighted by atomic mass is 16.5. The number of ether oxygens (including phenoxy) is 1. The van der Waals surface area contributed by atoms with E-state index in [4.69, 9.17) is 10.6 Å². The minimum Gasteiger partial charge on any atom is -0.377 e. The summed E-state index contributed by atoms with van der Waals surface area (Å²) in [5.41, 5.74) is 2.63. The molecule has 0 bridgehead atoms. The highest BCUT2D eigenvalue weighted by Gasteiger charge is 2.36. The molecule has 116 valence electrons. The third-order valence-corrected chi connectivity index (χ3v) is 4.06. The molecule has 0 saturated carbocycles. The highest BCUT2D eigenvalue weighted by molar-refractivity contribution is 4.98. The minimum absolute atomic E-state index is 0.0117. The first-order valence-electron chi connectivity index (χ1n) is 7.40. The number of nitrogens with two attached hydrogens (primary N) is 1. The summed E-state index contributed by atoms with van der Waals surface area (Å²) in [4.78, 5) is 4.37. The molecule has 0 aromatic carbocycles. The van der Waals surface area contributed by atoms with E-state index in [1.165, 1.54) is 0 Å². The first-order chi connectivity index (χ1) is 9.52. The maximum absolute atomic E-state index is 5.77. The molecule has 6 heteroatoms. The number of nitrogens with one attached hydrogen (secondary N) is 1. The number of hydrogen-bond donors (Lipinski definition) is 2. The number of hydrogen-bond acceptors (Lipinski definition) is 5. The molecule has 1 rings (SSSR count). The maximum atomic E-state index is 5.77. The molecule has 20 heavy (non-hydrogen) atoms. The van der Waals surface area contributed by atoms with Crippen molar-refractivity contribution < 1.29 is 4.74 Å². The third-order valence-electron chi connectivity index (χ3n) is 4.06. The van der Waals surface area contributed by atoms with Crippen molar-refractivity contribution in [1.82, 2.24) is 20.2 Å². The molecule has 1 unspecified atom stereocenters. The van der Waals surface area contributed by atoms with E-state index >= 15 is 0 Å². The lowest BCUT2D eigenvalue weighted by Crippen LogP contribution is -2.55. The van der Waals surface area contributed by atoms with Gasteiger partial charge in [-0.05, 0) is 18.8 Å². The summed E-state index contributed by atoms with van der Waals surface area (Å²) < 4.78 is 7.72. The van der Waals surface area contributed by atoms with Gasteiger partial charge in [0.1, 0.15) is 12.2 Å². The number of nitrogens with zero attached hydrogens (tertiary/aromatic N) is 3. The van der Waals surface area contributed by atoms with Gasteiger partial charge in [-0.25, -0.2) is 9.67 Å². The fraction of sp³-hybridized carbons (Fsp3) is 0.857. The van der Waals surface area contributed by atoms with Crippen molar-refractivity contribution >= 4 is 0 Å². The van der Waals surface area contributed by atoms with Crippen molar-refractivity contribution in [3.05, 3.63) is 12.2 Å². The summed E-state index contributed by atoms with van der Waals surface area (Å²) in [6, 6.07) is 0.0117. The van der Waals surface area contributed by atoms with Gasteiger partial charge in [-0.1, -0.05) is 27.7 Å². The summed E-state index contributed by atoms with van der Waals surface area (Å²) >= 11 is 0. The Bertz CT molecular complexity index is 378. The average Bonchev–Trinajstić information content (AvgIpc) is 2.86. The quantitative estimate of drug-likeness (QED) is 0.530. The van der Waals surface area contributed by atoms with Crippen molar-refractivity contribution in [2.24, 2.45) is 11.8 Å². The highest BCUT2D eigenvalue weighted by Crippen LogP contribution is 2.26. The Hall–Kier alpha value is -0.980. The van der Waals surface area contributed by atoms with Crippen LogP contribution in [-0.2, 0) is 17.7 Å². The molecule has 1 aromatic heterocycles. The Labute approximate surface area is 122 Å². The van der Waals surface area contributed by atoms with Gasteiger partial charge in [-0.2, -0.15) is 5.10 Å². The van der Waals surface area contributed by atoms with Gasteiger partial charge in [0, 0.05) is 20.1 Å². The number of methoxy groups -OCH3 is 1. The number of rotatable bonds is 9. The molecule has 3 N–H and O–H groups in total. The Morgan fingerprint density at radius 1 is 1.40 bits per heavy atom.